The van der Waals surface area contributed by atoms with Crippen LogP contribution in [0.2, 0.25) is 0 Å². The third-order valence-electron chi connectivity index (χ3n) is 3.48. The lowest BCUT2D eigenvalue weighted by molar-refractivity contribution is -0.145. The zero-order valence-corrected chi connectivity index (χ0v) is 10.6. The molecule has 3 aliphatic carbocycles. The van der Waals surface area contributed by atoms with E-state index in [0.717, 1.165) is 0 Å². The lowest BCUT2D eigenvalue weighted by Gasteiger charge is -2.45. The van der Waals surface area contributed by atoms with E-state index in [9.17, 15) is 26.7 Å². The maximum atomic E-state index is 14.4. The lowest BCUT2D eigenvalue weighted by atomic mass is 9.67. The summed E-state index contributed by atoms with van der Waals surface area (Å²) in [5.74, 6) is -6.69. The standard InChI is InChI=1S/C12H10ClF5O/c1-2-3-4-6-5-10(16)7(14)8(15)11(6,17)9(19)12(10,13)18/h5H,2-4H2,1H3. The molecule has 0 fully saturated rings. The summed E-state index contributed by atoms with van der Waals surface area (Å²) >= 11 is 4.99. The van der Waals surface area contributed by atoms with Crippen LogP contribution in [0.4, 0.5) is 22.0 Å². The maximum Gasteiger partial charge on any atom is 0.289 e. The first-order valence-corrected chi connectivity index (χ1v) is 6.10. The van der Waals surface area contributed by atoms with Crippen LogP contribution in [0.1, 0.15) is 26.2 Å². The summed E-state index contributed by atoms with van der Waals surface area (Å²) in [6, 6.07) is 0. The number of carbonyl (C=O) groups is 1. The molecule has 0 aromatic heterocycles. The summed E-state index contributed by atoms with van der Waals surface area (Å²) in [6.45, 7) is 1.73. The van der Waals surface area contributed by atoms with Gasteiger partial charge in [0.1, 0.15) is 0 Å². The summed E-state index contributed by atoms with van der Waals surface area (Å²) < 4.78 is 69.5. The third-order valence-corrected chi connectivity index (χ3v) is 3.93. The molecule has 3 atom stereocenters. The van der Waals surface area contributed by atoms with E-state index in [4.69, 9.17) is 11.6 Å². The van der Waals surface area contributed by atoms with Crippen molar-refractivity contribution in [1.82, 2.24) is 0 Å². The van der Waals surface area contributed by atoms with Gasteiger partial charge in [-0.1, -0.05) is 24.9 Å². The SMILES string of the molecule is CCCCC1=CC2(F)C(F)=C(F)C1(F)C(=O)C2(F)Cl. The van der Waals surface area contributed by atoms with Crippen molar-refractivity contribution in [1.29, 1.82) is 0 Å². The molecule has 0 N–H and O–H groups in total. The molecule has 3 rings (SSSR count). The Bertz CT molecular complexity index is 512. The molecular weight excluding hydrogens is 291 g/mol. The number of carbonyl (C=O) groups excluding carboxylic acids is 1. The van der Waals surface area contributed by atoms with Crippen molar-refractivity contribution in [2.75, 3.05) is 0 Å². The minimum Gasteiger partial charge on any atom is -0.290 e. The van der Waals surface area contributed by atoms with Gasteiger partial charge in [-0.05, 0) is 24.5 Å². The zero-order chi connectivity index (χ0) is 14.6. The van der Waals surface area contributed by atoms with Gasteiger partial charge >= 0.3 is 0 Å². The number of allylic oxidation sites excluding steroid dienone is 4. The average molecular weight is 301 g/mol. The van der Waals surface area contributed by atoms with Crippen LogP contribution < -0.4 is 0 Å². The Morgan fingerprint density at radius 1 is 1.21 bits per heavy atom. The first-order valence-electron chi connectivity index (χ1n) is 5.73. The summed E-state index contributed by atoms with van der Waals surface area (Å²) in [6.07, 6.45) is 0.946. The smallest absolute Gasteiger partial charge is 0.289 e. The van der Waals surface area contributed by atoms with E-state index in [1.54, 1.807) is 6.92 Å². The Hall–Kier alpha value is -0.910. The van der Waals surface area contributed by atoms with Gasteiger partial charge < -0.3 is 0 Å². The molecule has 0 heterocycles. The van der Waals surface area contributed by atoms with Crippen molar-refractivity contribution in [3.8, 4) is 0 Å². The number of rotatable bonds is 3. The Morgan fingerprint density at radius 2 is 1.79 bits per heavy atom. The second-order valence-electron chi connectivity index (χ2n) is 4.67. The molecule has 0 radical (unpaired) electrons. The second kappa shape index (κ2) is 4.04. The molecule has 0 spiro atoms. The first kappa shape index (κ1) is 14.5. The highest BCUT2D eigenvalue weighted by molar-refractivity contribution is 6.38. The van der Waals surface area contributed by atoms with E-state index < -0.39 is 39.5 Å². The lowest BCUT2D eigenvalue weighted by Crippen LogP contribution is -2.65. The molecule has 3 unspecified atom stereocenters. The molecule has 0 aromatic carbocycles. The highest BCUT2D eigenvalue weighted by Crippen LogP contribution is 2.60. The fourth-order valence-corrected chi connectivity index (χ4v) is 2.59. The minimum atomic E-state index is -3.98. The van der Waals surface area contributed by atoms with Crippen LogP contribution >= 0.6 is 11.6 Å². The Morgan fingerprint density at radius 3 is 2.32 bits per heavy atom. The first-order chi connectivity index (χ1) is 8.64. The topological polar surface area (TPSA) is 17.1 Å². The fourth-order valence-electron chi connectivity index (χ4n) is 2.32. The van der Waals surface area contributed by atoms with Crippen LogP contribution in [0.3, 0.4) is 0 Å². The van der Waals surface area contributed by atoms with Crippen molar-refractivity contribution in [2.24, 2.45) is 0 Å². The molecule has 19 heavy (non-hydrogen) atoms. The van der Waals surface area contributed by atoms with E-state index in [-0.39, 0.29) is 12.5 Å². The number of Topliss-reactive ketones (excluding diaryl/α,β-unsaturated/α-hetero) is 1. The molecule has 3 aliphatic rings. The fraction of sp³-hybridized carbons (Fsp3) is 0.583. The molecule has 1 nitrogen and oxygen atoms in total. The highest BCUT2D eigenvalue weighted by Gasteiger charge is 2.76. The van der Waals surface area contributed by atoms with Gasteiger partial charge in [-0.2, -0.15) is 0 Å². The van der Waals surface area contributed by atoms with Gasteiger partial charge in [0.25, 0.3) is 5.13 Å². The summed E-state index contributed by atoms with van der Waals surface area (Å²) in [5, 5.41) is -3.98. The second-order valence-corrected chi connectivity index (χ2v) is 5.20. The number of halogens is 6. The molecule has 106 valence electrons. The molecule has 0 saturated carbocycles. The number of fused-ring (bicyclic) bond motifs is 1. The quantitative estimate of drug-likeness (QED) is 0.434. The van der Waals surface area contributed by atoms with Crippen molar-refractivity contribution >= 4 is 17.4 Å². The van der Waals surface area contributed by atoms with E-state index >= 15 is 0 Å². The van der Waals surface area contributed by atoms with Crippen molar-refractivity contribution in [3.05, 3.63) is 23.3 Å². The van der Waals surface area contributed by atoms with Crippen LogP contribution in [0.5, 0.6) is 0 Å². The molecule has 7 heteroatoms. The summed E-state index contributed by atoms with van der Waals surface area (Å²) in [4.78, 5) is 11.6. The van der Waals surface area contributed by atoms with E-state index in [1.807, 2.05) is 0 Å². The Kier molecular flexibility index (Phi) is 3.08. The summed E-state index contributed by atoms with van der Waals surface area (Å²) in [7, 11) is 0. The van der Waals surface area contributed by atoms with E-state index in [2.05, 4.69) is 0 Å². The predicted octanol–water partition coefficient (Wildman–Crippen LogP) is 4.17. The number of ketones is 1. The number of hydrogen-bond acceptors (Lipinski definition) is 1. The van der Waals surface area contributed by atoms with Crippen LogP contribution in [-0.4, -0.2) is 22.2 Å². The largest absolute Gasteiger partial charge is 0.290 e. The molecular formula is C12H10ClF5O. The molecule has 2 bridgehead atoms. The number of hydrogen-bond donors (Lipinski definition) is 0. The van der Waals surface area contributed by atoms with Gasteiger partial charge in [0, 0.05) is 0 Å². The van der Waals surface area contributed by atoms with Crippen LogP contribution in [-0.2, 0) is 4.79 Å². The average Bonchev–Trinajstić information content (AvgIpc) is 2.36. The van der Waals surface area contributed by atoms with Crippen molar-refractivity contribution < 1.29 is 26.7 Å². The summed E-state index contributed by atoms with van der Waals surface area (Å²) in [5.41, 5.74) is -8.04. The monoisotopic (exact) mass is 300 g/mol. The van der Waals surface area contributed by atoms with Gasteiger partial charge in [-0.25, -0.2) is 22.0 Å². The zero-order valence-electron chi connectivity index (χ0n) is 9.87. The minimum absolute atomic E-state index is 0.182. The van der Waals surface area contributed by atoms with E-state index in [1.165, 1.54) is 0 Å². The van der Waals surface area contributed by atoms with Gasteiger partial charge in [-0.15, -0.1) is 0 Å². The Labute approximate surface area is 111 Å². The van der Waals surface area contributed by atoms with Crippen LogP contribution in [0, 0.1) is 0 Å². The molecule has 0 aromatic rings. The van der Waals surface area contributed by atoms with E-state index in [0.29, 0.717) is 12.8 Å². The van der Waals surface area contributed by atoms with Gasteiger partial charge in [0.2, 0.25) is 17.1 Å². The number of alkyl halides is 4. The van der Waals surface area contributed by atoms with Crippen LogP contribution in [0.15, 0.2) is 23.3 Å². The van der Waals surface area contributed by atoms with Gasteiger partial charge in [-0.3, -0.25) is 4.79 Å². The molecule has 0 aliphatic heterocycles. The van der Waals surface area contributed by atoms with Gasteiger partial charge in [0.15, 0.2) is 11.7 Å². The van der Waals surface area contributed by atoms with Crippen molar-refractivity contribution in [2.45, 2.75) is 42.7 Å². The molecule has 0 amide bonds. The maximum absolute atomic E-state index is 14.4. The van der Waals surface area contributed by atoms with Crippen molar-refractivity contribution in [3.63, 3.8) is 0 Å². The predicted molar refractivity (Wildman–Crippen MR) is 59.2 cm³/mol. The van der Waals surface area contributed by atoms with Crippen LogP contribution in [0.25, 0.3) is 0 Å². The highest BCUT2D eigenvalue weighted by atomic mass is 35.5. The number of unbranched alkanes of at least 4 members (excludes halogenated alkanes) is 1. The normalized spacial score (nSPS) is 41.8. The van der Waals surface area contributed by atoms with Gasteiger partial charge in [0.05, 0.1) is 0 Å². The Balaban J connectivity index is 2.65. The molecule has 0 saturated heterocycles. The third kappa shape index (κ3) is 1.49.